The Labute approximate surface area is 163 Å². The molecule has 0 aliphatic heterocycles. The van der Waals surface area contributed by atoms with Crippen molar-refractivity contribution in [2.75, 3.05) is 17.7 Å². The Kier molecular flexibility index (Phi) is 4.65. The number of rotatable bonds is 5. The van der Waals surface area contributed by atoms with E-state index in [2.05, 4.69) is 10.6 Å². The molecule has 5 nitrogen and oxygen atoms in total. The van der Waals surface area contributed by atoms with Crippen molar-refractivity contribution in [1.82, 2.24) is 0 Å². The summed E-state index contributed by atoms with van der Waals surface area (Å²) < 4.78 is 11.4. The van der Waals surface area contributed by atoms with E-state index in [9.17, 15) is 4.79 Å². The monoisotopic (exact) mass is 374 g/mol. The third kappa shape index (κ3) is 3.39. The van der Waals surface area contributed by atoms with Gasteiger partial charge in [-0.1, -0.05) is 30.3 Å². The molecule has 4 aromatic rings. The summed E-state index contributed by atoms with van der Waals surface area (Å²) in [5.41, 5.74) is 4.13. The molecule has 3 aromatic carbocycles. The van der Waals surface area contributed by atoms with E-state index in [4.69, 9.17) is 9.15 Å². The van der Waals surface area contributed by atoms with Gasteiger partial charge in [-0.15, -0.1) is 0 Å². The molecule has 2 N–H and O–H groups in total. The lowest BCUT2D eigenvalue weighted by Crippen LogP contribution is -2.32. The molecule has 0 fully saturated rings. The van der Waals surface area contributed by atoms with Gasteiger partial charge in [0.15, 0.2) is 0 Å². The maximum Gasteiger partial charge on any atom is 0.246 e. The quantitative estimate of drug-likeness (QED) is 0.495. The van der Waals surface area contributed by atoms with Gasteiger partial charge >= 0.3 is 0 Å². The molecule has 0 saturated carbocycles. The van der Waals surface area contributed by atoms with Gasteiger partial charge in [-0.05, 0) is 43.7 Å². The van der Waals surface area contributed by atoms with Gasteiger partial charge in [-0.25, -0.2) is 0 Å². The van der Waals surface area contributed by atoms with Crippen molar-refractivity contribution >= 4 is 39.2 Å². The zero-order valence-corrected chi connectivity index (χ0v) is 16.1. The van der Waals surface area contributed by atoms with E-state index in [1.165, 1.54) is 0 Å². The zero-order chi connectivity index (χ0) is 19.7. The van der Waals surface area contributed by atoms with Crippen molar-refractivity contribution in [3.8, 4) is 5.75 Å². The van der Waals surface area contributed by atoms with Gasteiger partial charge in [-0.2, -0.15) is 0 Å². The number of para-hydroxylation sites is 1. The molecule has 5 heteroatoms. The molecular weight excluding hydrogens is 352 g/mol. The minimum atomic E-state index is -0.419. The molecule has 1 amide bonds. The Hall–Kier alpha value is -3.47. The van der Waals surface area contributed by atoms with E-state index in [0.29, 0.717) is 17.0 Å². The number of aryl methyl sites for hydroxylation is 1. The number of carbonyl (C=O) groups excluding carboxylic acids is 1. The minimum absolute atomic E-state index is 0.157. The Morgan fingerprint density at radius 1 is 1.00 bits per heavy atom. The molecule has 0 saturated heterocycles. The average molecular weight is 374 g/mol. The second-order valence-electron chi connectivity index (χ2n) is 6.87. The molecule has 0 aliphatic carbocycles. The van der Waals surface area contributed by atoms with Crippen LogP contribution >= 0.6 is 0 Å². The normalized spacial score (nSPS) is 12.1. The summed E-state index contributed by atoms with van der Waals surface area (Å²) in [6.07, 6.45) is 0. The minimum Gasteiger partial charge on any atom is -0.495 e. The summed E-state index contributed by atoms with van der Waals surface area (Å²) in [6, 6.07) is 19.0. The van der Waals surface area contributed by atoms with E-state index in [0.717, 1.165) is 27.6 Å². The van der Waals surface area contributed by atoms with Crippen molar-refractivity contribution in [3.63, 3.8) is 0 Å². The van der Waals surface area contributed by atoms with Crippen LogP contribution in [0, 0.1) is 6.92 Å². The first-order valence-electron chi connectivity index (χ1n) is 9.18. The van der Waals surface area contributed by atoms with Crippen LogP contribution in [0.15, 0.2) is 65.1 Å². The molecule has 1 atom stereocenters. The van der Waals surface area contributed by atoms with Crippen molar-refractivity contribution in [2.45, 2.75) is 19.9 Å². The largest absolute Gasteiger partial charge is 0.495 e. The second kappa shape index (κ2) is 7.27. The molecule has 28 heavy (non-hydrogen) atoms. The molecule has 0 unspecified atom stereocenters. The predicted octanol–water partition coefficient (Wildman–Crippen LogP) is 5.34. The fourth-order valence-electron chi connectivity index (χ4n) is 3.31. The third-order valence-corrected chi connectivity index (χ3v) is 4.75. The van der Waals surface area contributed by atoms with Gasteiger partial charge < -0.3 is 19.8 Å². The van der Waals surface area contributed by atoms with Gasteiger partial charge in [0, 0.05) is 22.5 Å². The van der Waals surface area contributed by atoms with Crippen LogP contribution < -0.4 is 15.4 Å². The smallest absolute Gasteiger partial charge is 0.246 e. The van der Waals surface area contributed by atoms with Crippen LogP contribution in [0.3, 0.4) is 0 Å². The van der Waals surface area contributed by atoms with Crippen molar-refractivity contribution in [3.05, 3.63) is 66.2 Å². The Bertz CT molecular complexity index is 1160. The topological polar surface area (TPSA) is 63.5 Å². The number of benzene rings is 3. The van der Waals surface area contributed by atoms with E-state index >= 15 is 0 Å². The Morgan fingerprint density at radius 2 is 1.82 bits per heavy atom. The van der Waals surface area contributed by atoms with Gasteiger partial charge in [-0.3, -0.25) is 4.79 Å². The lowest BCUT2D eigenvalue weighted by atomic mass is 10.1. The van der Waals surface area contributed by atoms with Crippen molar-refractivity contribution < 1.29 is 13.9 Å². The maximum absolute atomic E-state index is 12.7. The number of furan rings is 1. The van der Waals surface area contributed by atoms with Gasteiger partial charge in [0.05, 0.1) is 12.8 Å². The van der Waals surface area contributed by atoms with Crippen LogP contribution in [-0.2, 0) is 4.79 Å². The molecular formula is C23H22N2O3. The standard InChI is InChI=1S/C23H22N2O3/c1-14-7-6-8-16(11-14)24-15(2)23(26)25-19-13-21-18(12-22(19)27-3)17-9-4-5-10-20(17)28-21/h4-13,15,24H,1-3H3,(H,25,26)/t15-/m0/s1. The zero-order valence-electron chi connectivity index (χ0n) is 16.1. The Balaban J connectivity index is 1.61. The summed E-state index contributed by atoms with van der Waals surface area (Å²) >= 11 is 0. The molecule has 1 aromatic heterocycles. The molecule has 0 spiro atoms. The highest BCUT2D eigenvalue weighted by molar-refractivity contribution is 6.08. The highest BCUT2D eigenvalue weighted by Crippen LogP contribution is 2.36. The fraction of sp³-hybridized carbons (Fsp3) is 0.174. The van der Waals surface area contributed by atoms with E-state index in [-0.39, 0.29) is 5.91 Å². The fourth-order valence-corrected chi connectivity index (χ4v) is 3.31. The van der Waals surface area contributed by atoms with Crippen LogP contribution in [0.1, 0.15) is 12.5 Å². The van der Waals surface area contributed by atoms with Gasteiger partial charge in [0.1, 0.15) is 23.0 Å². The van der Waals surface area contributed by atoms with E-state index in [1.54, 1.807) is 7.11 Å². The molecule has 142 valence electrons. The number of anilines is 2. The number of carbonyl (C=O) groups is 1. The number of hydrogen-bond acceptors (Lipinski definition) is 4. The summed E-state index contributed by atoms with van der Waals surface area (Å²) in [5, 5.41) is 8.14. The summed E-state index contributed by atoms with van der Waals surface area (Å²) in [5.74, 6) is 0.436. The number of ether oxygens (including phenoxy) is 1. The molecule has 0 radical (unpaired) electrons. The highest BCUT2D eigenvalue weighted by atomic mass is 16.5. The first kappa shape index (κ1) is 17.9. The summed E-state index contributed by atoms with van der Waals surface area (Å²) in [7, 11) is 1.59. The number of hydrogen-bond donors (Lipinski definition) is 2. The Morgan fingerprint density at radius 3 is 2.61 bits per heavy atom. The van der Waals surface area contributed by atoms with Crippen molar-refractivity contribution in [2.24, 2.45) is 0 Å². The first-order chi connectivity index (χ1) is 13.5. The van der Waals surface area contributed by atoms with Crippen LogP contribution in [0.5, 0.6) is 5.75 Å². The SMILES string of the molecule is COc1cc2c(cc1NC(=O)[C@H](C)Nc1cccc(C)c1)oc1ccccc12. The number of amides is 1. The van der Waals surface area contributed by atoms with Crippen LogP contribution in [0.4, 0.5) is 11.4 Å². The molecule has 0 aliphatic rings. The predicted molar refractivity (Wildman–Crippen MR) is 113 cm³/mol. The van der Waals surface area contributed by atoms with E-state index < -0.39 is 6.04 Å². The van der Waals surface area contributed by atoms with Gasteiger partial charge in [0.25, 0.3) is 0 Å². The molecule has 1 heterocycles. The van der Waals surface area contributed by atoms with E-state index in [1.807, 2.05) is 74.5 Å². The van der Waals surface area contributed by atoms with Crippen molar-refractivity contribution in [1.29, 1.82) is 0 Å². The highest BCUT2D eigenvalue weighted by Gasteiger charge is 2.17. The number of fused-ring (bicyclic) bond motifs is 3. The second-order valence-corrected chi connectivity index (χ2v) is 6.87. The molecule has 0 bridgehead atoms. The average Bonchev–Trinajstić information content (AvgIpc) is 3.04. The lowest BCUT2D eigenvalue weighted by Gasteiger charge is -2.17. The van der Waals surface area contributed by atoms with Gasteiger partial charge in [0.2, 0.25) is 5.91 Å². The number of methoxy groups -OCH3 is 1. The molecule has 4 rings (SSSR count). The summed E-state index contributed by atoms with van der Waals surface area (Å²) in [4.78, 5) is 12.7. The van der Waals surface area contributed by atoms with Crippen LogP contribution in [-0.4, -0.2) is 19.1 Å². The van der Waals surface area contributed by atoms with Crippen LogP contribution in [0.25, 0.3) is 21.9 Å². The first-order valence-corrected chi connectivity index (χ1v) is 9.18. The number of nitrogens with one attached hydrogen (secondary N) is 2. The van der Waals surface area contributed by atoms with Crippen LogP contribution in [0.2, 0.25) is 0 Å². The lowest BCUT2D eigenvalue weighted by molar-refractivity contribution is -0.116. The third-order valence-electron chi connectivity index (χ3n) is 4.75. The maximum atomic E-state index is 12.7. The summed E-state index contributed by atoms with van der Waals surface area (Å²) in [6.45, 7) is 3.84.